The Balaban J connectivity index is 2.87. The maximum Gasteiger partial charge on any atom is 0.338 e. The van der Waals surface area contributed by atoms with Gasteiger partial charge in [0.25, 0.3) is 0 Å². The van der Waals surface area contributed by atoms with Crippen LogP contribution in [0.2, 0.25) is 0 Å². The van der Waals surface area contributed by atoms with Crippen molar-refractivity contribution in [2.75, 3.05) is 52.9 Å². The lowest BCUT2D eigenvalue weighted by molar-refractivity contribution is -0.114. The summed E-state index contributed by atoms with van der Waals surface area (Å²) >= 11 is 0. The van der Waals surface area contributed by atoms with E-state index >= 15 is 0 Å². The third-order valence-electron chi connectivity index (χ3n) is 3.76. The molecule has 0 saturated heterocycles. The smallest absolute Gasteiger partial charge is 0.338 e. The number of aliphatic hydroxyl groups excluding tert-OH is 1. The molecule has 0 fully saturated rings. The molecule has 0 amide bonds. The van der Waals surface area contributed by atoms with Gasteiger partial charge in [-0.25, -0.2) is 9.59 Å². The molecule has 9 heteroatoms. The molecule has 9 nitrogen and oxygen atoms in total. The van der Waals surface area contributed by atoms with Gasteiger partial charge in [0.1, 0.15) is 26.4 Å². The topological polar surface area (TPSA) is 110 Å². The minimum atomic E-state index is -1.42. The molecule has 0 aliphatic heterocycles. The van der Waals surface area contributed by atoms with Crippen molar-refractivity contribution in [2.45, 2.75) is 19.6 Å². The summed E-state index contributed by atoms with van der Waals surface area (Å²) < 4.78 is 30.8. The van der Waals surface area contributed by atoms with Crippen molar-refractivity contribution in [3.8, 4) is 12.3 Å². The van der Waals surface area contributed by atoms with Crippen LogP contribution < -0.4 is 0 Å². The van der Waals surface area contributed by atoms with Gasteiger partial charge in [-0.15, -0.1) is 6.42 Å². The molecule has 0 saturated carbocycles. The molecule has 1 atom stereocenters. The van der Waals surface area contributed by atoms with E-state index in [1.807, 2.05) is 6.92 Å². The standard InChI is InChI=1S/C23H30O9/c1-4-7-28-10-13-31-22(25)19-15-18(21(24)30-12-9-27-6-3)16-20(17-19)23(26)32-14-11-29-8-5-2/h1,6,15-17,22,25H,3,5,7-14H2,2H3. The fourth-order valence-electron chi connectivity index (χ4n) is 2.35. The zero-order chi connectivity index (χ0) is 23.6. The van der Waals surface area contributed by atoms with E-state index < -0.39 is 18.2 Å². The molecule has 0 radical (unpaired) electrons. The van der Waals surface area contributed by atoms with Crippen molar-refractivity contribution >= 4 is 11.9 Å². The fourth-order valence-corrected chi connectivity index (χ4v) is 2.35. The number of terminal acetylenes is 1. The SMILES string of the molecule is C#CCOCCOC(O)c1cc(C(=O)OCCOC=C)cc(C(=O)OCCOCCC)c1. The Morgan fingerprint density at radius 3 is 2.22 bits per heavy atom. The number of benzene rings is 1. The zero-order valence-electron chi connectivity index (χ0n) is 18.2. The van der Waals surface area contributed by atoms with E-state index in [0.29, 0.717) is 6.61 Å². The van der Waals surface area contributed by atoms with Crippen LogP contribution in [0.25, 0.3) is 0 Å². The van der Waals surface area contributed by atoms with Crippen LogP contribution in [-0.4, -0.2) is 69.9 Å². The first-order valence-electron chi connectivity index (χ1n) is 10.1. The van der Waals surface area contributed by atoms with Crippen LogP contribution in [-0.2, 0) is 28.4 Å². The van der Waals surface area contributed by atoms with Crippen LogP contribution in [0, 0.1) is 12.3 Å². The van der Waals surface area contributed by atoms with Gasteiger partial charge in [-0.05, 0) is 24.6 Å². The monoisotopic (exact) mass is 450 g/mol. The number of carbonyl (C=O) groups is 2. The molecule has 0 aromatic heterocycles. The van der Waals surface area contributed by atoms with Gasteiger partial charge in [0.05, 0.1) is 37.2 Å². The Morgan fingerprint density at radius 2 is 1.62 bits per heavy atom. The number of aliphatic hydroxyl groups is 1. The number of esters is 2. The Labute approximate surface area is 188 Å². The summed E-state index contributed by atoms with van der Waals surface area (Å²) in [5.74, 6) is 0.929. The molecule has 0 bridgehead atoms. The Morgan fingerprint density at radius 1 is 1.00 bits per heavy atom. The first-order valence-corrected chi connectivity index (χ1v) is 10.1. The third-order valence-corrected chi connectivity index (χ3v) is 3.76. The van der Waals surface area contributed by atoms with Crippen molar-refractivity contribution in [3.05, 3.63) is 47.7 Å². The van der Waals surface area contributed by atoms with Crippen LogP contribution in [0.3, 0.4) is 0 Å². The van der Waals surface area contributed by atoms with E-state index in [9.17, 15) is 14.7 Å². The highest BCUT2D eigenvalue weighted by Crippen LogP contribution is 2.20. The first-order chi connectivity index (χ1) is 15.5. The van der Waals surface area contributed by atoms with Crippen molar-refractivity contribution in [2.24, 2.45) is 0 Å². The lowest BCUT2D eigenvalue weighted by Gasteiger charge is -2.15. The second kappa shape index (κ2) is 16.8. The lowest BCUT2D eigenvalue weighted by Crippen LogP contribution is -2.16. The molecular formula is C23H30O9. The molecule has 1 rings (SSSR count). The number of hydrogen-bond donors (Lipinski definition) is 1. The van der Waals surface area contributed by atoms with Crippen LogP contribution in [0.15, 0.2) is 31.0 Å². The molecule has 1 unspecified atom stereocenters. The molecule has 0 aliphatic carbocycles. The van der Waals surface area contributed by atoms with Crippen molar-refractivity contribution in [3.63, 3.8) is 0 Å². The highest BCUT2D eigenvalue weighted by molar-refractivity contribution is 5.95. The van der Waals surface area contributed by atoms with Gasteiger partial charge >= 0.3 is 11.9 Å². The van der Waals surface area contributed by atoms with E-state index in [-0.39, 0.29) is 62.9 Å². The predicted molar refractivity (Wildman–Crippen MR) is 115 cm³/mol. The van der Waals surface area contributed by atoms with Crippen molar-refractivity contribution < 1.29 is 43.1 Å². The second-order valence-electron chi connectivity index (χ2n) is 6.25. The summed E-state index contributed by atoms with van der Waals surface area (Å²) in [6.07, 6.45) is 5.75. The molecule has 1 N–H and O–H groups in total. The number of ether oxygens (including phenoxy) is 6. The molecule has 0 heterocycles. The summed E-state index contributed by atoms with van der Waals surface area (Å²) in [5, 5.41) is 10.3. The van der Waals surface area contributed by atoms with E-state index in [4.69, 9.17) is 34.8 Å². The van der Waals surface area contributed by atoms with Gasteiger partial charge < -0.3 is 33.5 Å². The van der Waals surface area contributed by atoms with E-state index in [0.717, 1.165) is 6.42 Å². The Hall–Kier alpha value is -2.90. The van der Waals surface area contributed by atoms with Crippen LogP contribution in [0.5, 0.6) is 0 Å². The summed E-state index contributed by atoms with van der Waals surface area (Å²) in [5.41, 5.74) is 0.271. The molecule has 176 valence electrons. The second-order valence-corrected chi connectivity index (χ2v) is 6.25. The van der Waals surface area contributed by atoms with Gasteiger partial charge in [0.15, 0.2) is 6.29 Å². The van der Waals surface area contributed by atoms with Crippen LogP contribution >= 0.6 is 0 Å². The van der Waals surface area contributed by atoms with E-state index in [1.165, 1.54) is 24.5 Å². The fraction of sp³-hybridized carbons (Fsp3) is 0.478. The van der Waals surface area contributed by atoms with Crippen LogP contribution in [0.1, 0.15) is 45.9 Å². The third kappa shape index (κ3) is 10.9. The van der Waals surface area contributed by atoms with Gasteiger partial charge in [-0.1, -0.05) is 19.4 Å². The number of carbonyl (C=O) groups excluding carboxylic acids is 2. The van der Waals surface area contributed by atoms with Crippen LogP contribution in [0.4, 0.5) is 0 Å². The molecule has 0 spiro atoms. The number of hydrogen-bond acceptors (Lipinski definition) is 9. The first kappa shape index (κ1) is 27.1. The largest absolute Gasteiger partial charge is 0.498 e. The van der Waals surface area contributed by atoms with Crippen molar-refractivity contribution in [1.82, 2.24) is 0 Å². The molecule has 1 aromatic rings. The highest BCUT2D eigenvalue weighted by Gasteiger charge is 2.19. The zero-order valence-corrected chi connectivity index (χ0v) is 18.2. The Kier molecular flexibility index (Phi) is 14.2. The van der Waals surface area contributed by atoms with Gasteiger partial charge in [0, 0.05) is 12.2 Å². The average Bonchev–Trinajstić information content (AvgIpc) is 2.80. The summed E-state index contributed by atoms with van der Waals surface area (Å²) in [6.45, 7) is 6.67. The predicted octanol–water partition coefficient (Wildman–Crippen LogP) is 2.24. The maximum absolute atomic E-state index is 12.4. The molecule has 1 aromatic carbocycles. The van der Waals surface area contributed by atoms with Crippen molar-refractivity contribution in [1.29, 1.82) is 0 Å². The minimum absolute atomic E-state index is 0.0187. The van der Waals surface area contributed by atoms with E-state index in [2.05, 4.69) is 12.5 Å². The summed E-state index contributed by atoms with van der Waals surface area (Å²) in [7, 11) is 0. The Bertz CT molecular complexity index is 754. The number of rotatable bonds is 17. The lowest BCUT2D eigenvalue weighted by atomic mass is 10.1. The quantitative estimate of drug-likeness (QED) is 0.126. The minimum Gasteiger partial charge on any atom is -0.498 e. The molecule has 32 heavy (non-hydrogen) atoms. The van der Waals surface area contributed by atoms with Gasteiger partial charge in [0.2, 0.25) is 0 Å². The summed E-state index contributed by atoms with van der Waals surface area (Å²) in [6, 6.07) is 4.06. The van der Waals surface area contributed by atoms with E-state index in [1.54, 1.807) is 0 Å². The van der Waals surface area contributed by atoms with Gasteiger partial charge in [-0.3, -0.25) is 0 Å². The highest BCUT2D eigenvalue weighted by atomic mass is 16.6. The average molecular weight is 450 g/mol. The maximum atomic E-state index is 12.4. The molecule has 0 aliphatic rings. The van der Waals surface area contributed by atoms with Gasteiger partial charge in [-0.2, -0.15) is 0 Å². The normalized spacial score (nSPS) is 11.3. The summed E-state index contributed by atoms with van der Waals surface area (Å²) in [4.78, 5) is 24.8. The molecular weight excluding hydrogens is 420 g/mol.